The van der Waals surface area contributed by atoms with Crippen LogP contribution in [0.3, 0.4) is 0 Å². The second-order valence-corrected chi connectivity index (χ2v) is 3.71. The first-order chi connectivity index (χ1) is 7.07. The Morgan fingerprint density at radius 2 is 2.20 bits per heavy atom. The van der Waals surface area contributed by atoms with Crippen LogP contribution in [-0.4, -0.2) is 55.5 Å². The maximum atomic E-state index is 10.9. The number of hydrogen-bond acceptors (Lipinski definition) is 4. The van der Waals surface area contributed by atoms with Crippen LogP contribution in [0.4, 0.5) is 4.79 Å². The summed E-state index contributed by atoms with van der Waals surface area (Å²) in [5.41, 5.74) is 0. The van der Waals surface area contributed by atoms with E-state index in [4.69, 9.17) is 5.11 Å². The summed E-state index contributed by atoms with van der Waals surface area (Å²) in [5.74, 6) is 0. The highest BCUT2D eigenvalue weighted by molar-refractivity contribution is 5.66. The van der Waals surface area contributed by atoms with Crippen LogP contribution in [-0.2, 0) is 4.74 Å². The van der Waals surface area contributed by atoms with Crippen molar-refractivity contribution >= 4 is 6.09 Å². The van der Waals surface area contributed by atoms with Crippen molar-refractivity contribution in [3.63, 3.8) is 0 Å². The van der Waals surface area contributed by atoms with Crippen molar-refractivity contribution in [1.82, 2.24) is 10.2 Å². The zero-order valence-corrected chi connectivity index (χ0v) is 9.82. The minimum Gasteiger partial charge on any atom is -0.447 e. The van der Waals surface area contributed by atoms with E-state index in [-0.39, 0.29) is 13.2 Å². The zero-order chi connectivity index (χ0) is 11.7. The topological polar surface area (TPSA) is 61.8 Å². The van der Waals surface area contributed by atoms with Crippen LogP contribution in [0, 0.1) is 0 Å². The first-order valence-electron chi connectivity index (χ1n) is 5.29. The largest absolute Gasteiger partial charge is 0.447 e. The molecule has 0 fully saturated rings. The van der Waals surface area contributed by atoms with E-state index in [1.807, 2.05) is 0 Å². The van der Waals surface area contributed by atoms with E-state index in [0.29, 0.717) is 12.6 Å². The van der Waals surface area contributed by atoms with E-state index in [1.54, 1.807) is 0 Å². The Bertz CT molecular complexity index is 174. The molecule has 2 N–H and O–H groups in total. The van der Waals surface area contributed by atoms with Crippen LogP contribution >= 0.6 is 0 Å². The molecule has 0 rings (SSSR count). The molecule has 0 unspecified atom stereocenters. The molecule has 0 aromatic rings. The van der Waals surface area contributed by atoms with Crippen LogP contribution in [0.15, 0.2) is 0 Å². The zero-order valence-electron chi connectivity index (χ0n) is 9.82. The van der Waals surface area contributed by atoms with Gasteiger partial charge in [-0.1, -0.05) is 0 Å². The van der Waals surface area contributed by atoms with Crippen molar-refractivity contribution in [2.75, 3.05) is 33.4 Å². The molecule has 15 heavy (non-hydrogen) atoms. The summed E-state index contributed by atoms with van der Waals surface area (Å²) in [5, 5.41) is 11.0. The molecule has 0 aliphatic rings. The molecule has 90 valence electrons. The number of hydrogen-bond donors (Lipinski definition) is 2. The van der Waals surface area contributed by atoms with Gasteiger partial charge in [0.25, 0.3) is 0 Å². The van der Waals surface area contributed by atoms with Gasteiger partial charge in [0.15, 0.2) is 0 Å². The smallest absolute Gasteiger partial charge is 0.407 e. The second-order valence-electron chi connectivity index (χ2n) is 3.71. The van der Waals surface area contributed by atoms with Gasteiger partial charge in [-0.15, -0.1) is 0 Å². The Balaban J connectivity index is 3.34. The fourth-order valence-electron chi connectivity index (χ4n) is 0.966. The fraction of sp³-hybridized carbons (Fsp3) is 0.900. The molecule has 0 spiro atoms. The number of nitrogens with one attached hydrogen (secondary N) is 1. The lowest BCUT2D eigenvalue weighted by Crippen LogP contribution is -2.31. The Labute approximate surface area is 91.4 Å². The number of ether oxygens (including phenoxy) is 1. The summed E-state index contributed by atoms with van der Waals surface area (Å²) >= 11 is 0. The lowest BCUT2D eigenvalue weighted by atomic mass is 10.3. The third kappa shape index (κ3) is 8.20. The van der Waals surface area contributed by atoms with Crippen molar-refractivity contribution in [1.29, 1.82) is 0 Å². The van der Waals surface area contributed by atoms with Crippen molar-refractivity contribution in [2.24, 2.45) is 0 Å². The molecule has 0 saturated carbocycles. The molecular formula is C10H22N2O3. The number of aliphatic hydroxyl groups excluding tert-OH is 1. The van der Waals surface area contributed by atoms with Gasteiger partial charge in [0.05, 0.1) is 6.61 Å². The van der Waals surface area contributed by atoms with Gasteiger partial charge < -0.3 is 20.1 Å². The molecular weight excluding hydrogens is 196 g/mol. The summed E-state index contributed by atoms with van der Waals surface area (Å²) < 4.78 is 4.63. The van der Waals surface area contributed by atoms with Gasteiger partial charge >= 0.3 is 6.09 Å². The van der Waals surface area contributed by atoms with Crippen LogP contribution in [0.2, 0.25) is 0 Å². The molecule has 0 aromatic heterocycles. The molecule has 5 nitrogen and oxygen atoms in total. The van der Waals surface area contributed by atoms with Gasteiger partial charge in [0.2, 0.25) is 0 Å². The SMILES string of the molecule is CC(C)N(C)CCCNC(=O)OCCO. The van der Waals surface area contributed by atoms with Crippen LogP contribution in [0.25, 0.3) is 0 Å². The van der Waals surface area contributed by atoms with E-state index in [1.165, 1.54) is 0 Å². The van der Waals surface area contributed by atoms with Crippen molar-refractivity contribution in [2.45, 2.75) is 26.3 Å². The van der Waals surface area contributed by atoms with Crippen LogP contribution in [0.1, 0.15) is 20.3 Å². The molecule has 0 saturated heterocycles. The lowest BCUT2D eigenvalue weighted by molar-refractivity contribution is 0.119. The highest BCUT2D eigenvalue weighted by atomic mass is 16.6. The van der Waals surface area contributed by atoms with Gasteiger partial charge in [-0.25, -0.2) is 4.79 Å². The number of rotatable bonds is 7. The fourth-order valence-corrected chi connectivity index (χ4v) is 0.966. The number of carbonyl (C=O) groups is 1. The number of nitrogens with zero attached hydrogens (tertiary/aromatic N) is 1. The monoisotopic (exact) mass is 218 g/mol. The summed E-state index contributed by atoms with van der Waals surface area (Å²) in [7, 11) is 2.05. The van der Waals surface area contributed by atoms with E-state index in [9.17, 15) is 4.79 Å². The summed E-state index contributed by atoms with van der Waals surface area (Å²) in [6.07, 6.45) is 0.430. The average Bonchev–Trinajstić information content (AvgIpc) is 2.20. The van der Waals surface area contributed by atoms with Gasteiger partial charge in [-0.2, -0.15) is 0 Å². The van der Waals surface area contributed by atoms with Gasteiger partial charge in [0, 0.05) is 12.6 Å². The first-order valence-corrected chi connectivity index (χ1v) is 5.29. The molecule has 5 heteroatoms. The predicted octanol–water partition coefficient (Wildman–Crippen LogP) is 0.435. The number of aliphatic hydroxyl groups is 1. The molecule has 0 atom stereocenters. The highest BCUT2D eigenvalue weighted by Gasteiger charge is 2.03. The molecule has 1 amide bonds. The quantitative estimate of drug-likeness (QED) is 0.609. The van der Waals surface area contributed by atoms with Crippen LogP contribution < -0.4 is 5.32 Å². The minimum absolute atomic E-state index is 0.0533. The standard InChI is InChI=1S/C10H22N2O3/c1-9(2)12(3)6-4-5-11-10(14)15-8-7-13/h9,13H,4-8H2,1-3H3,(H,11,14). The van der Waals surface area contributed by atoms with E-state index in [0.717, 1.165) is 13.0 Å². The second kappa shape index (κ2) is 8.49. The molecule has 0 aliphatic heterocycles. The van der Waals surface area contributed by atoms with Crippen LogP contribution in [0.5, 0.6) is 0 Å². The number of amides is 1. The van der Waals surface area contributed by atoms with Gasteiger partial charge in [-0.3, -0.25) is 0 Å². The Hall–Kier alpha value is -0.810. The maximum Gasteiger partial charge on any atom is 0.407 e. The van der Waals surface area contributed by atoms with E-state index < -0.39 is 6.09 Å². The Kier molecular flexibility index (Phi) is 8.04. The highest BCUT2D eigenvalue weighted by Crippen LogP contribution is 1.94. The predicted molar refractivity (Wildman–Crippen MR) is 58.8 cm³/mol. The lowest BCUT2D eigenvalue weighted by Gasteiger charge is -2.20. The minimum atomic E-state index is -0.462. The van der Waals surface area contributed by atoms with Crippen molar-refractivity contribution in [3.8, 4) is 0 Å². The summed E-state index contributed by atoms with van der Waals surface area (Å²) in [6.45, 7) is 5.71. The molecule has 0 radical (unpaired) electrons. The Morgan fingerprint density at radius 3 is 2.73 bits per heavy atom. The third-order valence-corrected chi connectivity index (χ3v) is 2.16. The van der Waals surface area contributed by atoms with Gasteiger partial charge in [0.1, 0.15) is 6.61 Å². The van der Waals surface area contributed by atoms with Gasteiger partial charge in [-0.05, 0) is 33.9 Å². The third-order valence-electron chi connectivity index (χ3n) is 2.16. The first kappa shape index (κ1) is 14.2. The number of carbonyl (C=O) groups excluding carboxylic acids is 1. The molecule has 0 bridgehead atoms. The summed E-state index contributed by atoms with van der Waals surface area (Å²) in [4.78, 5) is 13.1. The average molecular weight is 218 g/mol. The Morgan fingerprint density at radius 1 is 1.53 bits per heavy atom. The number of alkyl carbamates (subject to hydrolysis) is 1. The molecule has 0 aliphatic carbocycles. The van der Waals surface area contributed by atoms with E-state index >= 15 is 0 Å². The normalized spacial score (nSPS) is 10.8. The summed E-state index contributed by atoms with van der Waals surface area (Å²) in [6, 6.07) is 0.520. The molecule has 0 aromatic carbocycles. The molecule has 0 heterocycles. The van der Waals surface area contributed by atoms with Crippen molar-refractivity contribution < 1.29 is 14.6 Å². The maximum absolute atomic E-state index is 10.9. The van der Waals surface area contributed by atoms with E-state index in [2.05, 4.69) is 35.8 Å². The van der Waals surface area contributed by atoms with Crippen molar-refractivity contribution in [3.05, 3.63) is 0 Å².